The second-order valence-corrected chi connectivity index (χ2v) is 3.56. The van der Waals surface area contributed by atoms with Crippen LogP contribution >= 0.6 is 0 Å². The smallest absolute Gasteiger partial charge is 0.287 e. The average Bonchev–Trinajstić information content (AvgIpc) is 2.61. The number of nitrogens with one attached hydrogen (secondary N) is 1. The van der Waals surface area contributed by atoms with Gasteiger partial charge >= 0.3 is 11.3 Å². The van der Waals surface area contributed by atoms with Crippen LogP contribution in [0.3, 0.4) is 0 Å². The SMILES string of the molecule is CC(=O)c1c(=O)o[nH][n+]1-c1ccc(C)cc1. The lowest BCUT2D eigenvalue weighted by atomic mass is 10.2. The van der Waals surface area contributed by atoms with Crippen molar-refractivity contribution >= 4 is 5.78 Å². The van der Waals surface area contributed by atoms with Gasteiger partial charge in [0.1, 0.15) is 0 Å². The molecule has 0 bridgehead atoms. The zero-order chi connectivity index (χ0) is 11.7. The summed E-state index contributed by atoms with van der Waals surface area (Å²) in [6.45, 7) is 3.28. The van der Waals surface area contributed by atoms with E-state index in [0.29, 0.717) is 5.69 Å². The van der Waals surface area contributed by atoms with Gasteiger partial charge in [-0.25, -0.2) is 4.79 Å². The van der Waals surface area contributed by atoms with Crippen molar-refractivity contribution < 1.29 is 14.0 Å². The lowest BCUT2D eigenvalue weighted by Crippen LogP contribution is -2.40. The molecule has 0 aliphatic carbocycles. The second kappa shape index (κ2) is 3.77. The van der Waals surface area contributed by atoms with Gasteiger partial charge in [-0.1, -0.05) is 17.7 Å². The average molecular weight is 219 g/mol. The largest absolute Gasteiger partial charge is 0.438 e. The maximum atomic E-state index is 11.3. The maximum absolute atomic E-state index is 11.3. The Morgan fingerprint density at radius 1 is 1.31 bits per heavy atom. The van der Waals surface area contributed by atoms with Gasteiger partial charge in [-0.3, -0.25) is 9.32 Å². The molecule has 0 spiro atoms. The van der Waals surface area contributed by atoms with Gasteiger partial charge in [-0.15, -0.1) is 0 Å². The molecule has 1 N–H and O–H groups in total. The van der Waals surface area contributed by atoms with E-state index in [0.717, 1.165) is 5.56 Å². The minimum absolute atomic E-state index is 0.0103. The van der Waals surface area contributed by atoms with E-state index in [1.165, 1.54) is 11.6 Å². The number of carbonyl (C=O) groups excluding carboxylic acids is 1. The van der Waals surface area contributed by atoms with E-state index in [1.54, 1.807) is 12.1 Å². The Balaban J connectivity index is 2.60. The topological polar surface area (TPSA) is 67.0 Å². The first-order chi connectivity index (χ1) is 7.59. The van der Waals surface area contributed by atoms with E-state index in [4.69, 9.17) is 0 Å². The Labute approximate surface area is 91.3 Å². The number of rotatable bonds is 2. The molecule has 0 aliphatic rings. The van der Waals surface area contributed by atoms with Gasteiger partial charge in [0, 0.05) is 19.1 Å². The van der Waals surface area contributed by atoms with Crippen molar-refractivity contribution in [1.82, 2.24) is 5.27 Å². The van der Waals surface area contributed by atoms with Crippen LogP contribution < -0.4 is 10.3 Å². The second-order valence-electron chi connectivity index (χ2n) is 3.56. The van der Waals surface area contributed by atoms with Crippen LogP contribution in [0.2, 0.25) is 0 Å². The van der Waals surface area contributed by atoms with Crippen molar-refractivity contribution in [1.29, 1.82) is 0 Å². The van der Waals surface area contributed by atoms with Gasteiger partial charge in [0.15, 0.2) is 0 Å². The highest BCUT2D eigenvalue weighted by atomic mass is 16.5. The third-order valence-corrected chi connectivity index (χ3v) is 2.27. The van der Waals surface area contributed by atoms with E-state index in [-0.39, 0.29) is 11.5 Å². The normalized spacial score (nSPS) is 10.4. The molecule has 0 saturated heterocycles. The van der Waals surface area contributed by atoms with E-state index in [2.05, 4.69) is 9.79 Å². The van der Waals surface area contributed by atoms with Crippen LogP contribution in [-0.4, -0.2) is 11.1 Å². The van der Waals surface area contributed by atoms with E-state index < -0.39 is 5.63 Å². The quantitative estimate of drug-likeness (QED) is 0.598. The highest BCUT2D eigenvalue weighted by molar-refractivity contribution is 5.90. The van der Waals surface area contributed by atoms with Crippen LogP contribution in [0.4, 0.5) is 0 Å². The predicted molar refractivity (Wildman–Crippen MR) is 55.6 cm³/mol. The lowest BCUT2D eigenvalue weighted by molar-refractivity contribution is -0.672. The molecule has 0 radical (unpaired) electrons. The number of ketones is 1. The number of hydrogen-bond donors (Lipinski definition) is 1. The lowest BCUT2D eigenvalue weighted by Gasteiger charge is -1.92. The van der Waals surface area contributed by atoms with Gasteiger partial charge < -0.3 is 0 Å². The molecule has 2 rings (SSSR count). The monoisotopic (exact) mass is 219 g/mol. The number of carbonyl (C=O) groups is 1. The molecule has 5 nitrogen and oxygen atoms in total. The van der Waals surface area contributed by atoms with Crippen molar-refractivity contribution in [3.05, 3.63) is 45.9 Å². The third-order valence-electron chi connectivity index (χ3n) is 2.27. The summed E-state index contributed by atoms with van der Waals surface area (Å²) in [7, 11) is 0. The van der Waals surface area contributed by atoms with Crippen LogP contribution in [-0.2, 0) is 0 Å². The number of H-pyrrole nitrogens is 1. The Kier molecular flexibility index (Phi) is 2.44. The Bertz CT molecular complexity index is 578. The molecular weight excluding hydrogens is 208 g/mol. The standard InChI is InChI=1S/C11H10N2O3/c1-7-3-5-9(6-4-7)13-10(8(2)14)11(15)16-12-13/h3-6H,1-2H3/p+1. The molecule has 1 heterocycles. The van der Waals surface area contributed by atoms with Crippen molar-refractivity contribution in [2.75, 3.05) is 0 Å². The van der Waals surface area contributed by atoms with Crippen molar-refractivity contribution in [3.63, 3.8) is 0 Å². The van der Waals surface area contributed by atoms with Crippen molar-refractivity contribution in [2.24, 2.45) is 0 Å². The number of Topliss-reactive ketones (excluding diaryl/α,β-unsaturated/α-hetero) is 1. The fourth-order valence-electron chi connectivity index (χ4n) is 1.45. The first-order valence-electron chi connectivity index (χ1n) is 4.81. The van der Waals surface area contributed by atoms with Gasteiger partial charge in [-0.2, -0.15) is 0 Å². The molecule has 5 heteroatoms. The van der Waals surface area contributed by atoms with Crippen molar-refractivity contribution in [2.45, 2.75) is 13.8 Å². The van der Waals surface area contributed by atoms with Crippen LogP contribution in [0.25, 0.3) is 5.69 Å². The number of nitrogens with zero attached hydrogens (tertiary/aromatic N) is 1. The number of benzene rings is 1. The van der Waals surface area contributed by atoms with Gasteiger partial charge in [-0.05, 0) is 16.9 Å². The summed E-state index contributed by atoms with van der Waals surface area (Å²) in [4.78, 5) is 22.6. The zero-order valence-electron chi connectivity index (χ0n) is 8.98. The highest BCUT2D eigenvalue weighted by Gasteiger charge is 2.27. The minimum atomic E-state index is -0.659. The van der Waals surface area contributed by atoms with Gasteiger partial charge in [0.25, 0.3) is 0 Å². The summed E-state index contributed by atoms with van der Waals surface area (Å²) < 4.78 is 5.94. The molecule has 1 aromatic heterocycles. The third kappa shape index (κ3) is 1.67. The molecule has 1 aromatic carbocycles. The van der Waals surface area contributed by atoms with Crippen LogP contribution in [0, 0.1) is 6.92 Å². The number of aromatic amines is 1. The number of hydrogen-bond acceptors (Lipinski definition) is 3. The first-order valence-corrected chi connectivity index (χ1v) is 4.81. The number of aromatic nitrogens is 2. The summed E-state index contributed by atoms with van der Waals surface area (Å²) in [5, 5.41) is 2.40. The fourth-order valence-corrected chi connectivity index (χ4v) is 1.45. The minimum Gasteiger partial charge on any atom is -0.287 e. The molecule has 0 aliphatic heterocycles. The summed E-state index contributed by atoms with van der Waals surface area (Å²) in [5.41, 5.74) is 1.11. The molecule has 82 valence electrons. The van der Waals surface area contributed by atoms with Gasteiger partial charge in [0.2, 0.25) is 11.5 Å². The molecule has 0 unspecified atom stereocenters. The predicted octanol–water partition coefficient (Wildman–Crippen LogP) is 0.756. The van der Waals surface area contributed by atoms with Crippen LogP contribution in [0.15, 0.2) is 33.6 Å². The Morgan fingerprint density at radius 2 is 1.94 bits per heavy atom. The molecule has 0 amide bonds. The van der Waals surface area contributed by atoms with E-state index in [1.807, 2.05) is 19.1 Å². The first kappa shape index (κ1) is 10.4. The molecule has 0 atom stereocenters. The molecule has 0 saturated carbocycles. The van der Waals surface area contributed by atoms with Gasteiger partial charge in [0.05, 0.1) is 0 Å². The maximum Gasteiger partial charge on any atom is 0.438 e. The summed E-state index contributed by atoms with van der Waals surface area (Å²) in [6, 6.07) is 7.37. The van der Waals surface area contributed by atoms with E-state index in [9.17, 15) is 9.59 Å². The Hall–Kier alpha value is -2.17. The Morgan fingerprint density at radius 3 is 2.50 bits per heavy atom. The molecule has 0 fully saturated rings. The summed E-state index contributed by atoms with van der Waals surface area (Å²) in [5.74, 6) is -0.337. The summed E-state index contributed by atoms with van der Waals surface area (Å²) >= 11 is 0. The van der Waals surface area contributed by atoms with Crippen LogP contribution in [0.1, 0.15) is 23.0 Å². The molecule has 2 aromatic rings. The van der Waals surface area contributed by atoms with E-state index >= 15 is 0 Å². The molecular formula is C11H11N2O3+. The van der Waals surface area contributed by atoms with Crippen LogP contribution in [0.5, 0.6) is 0 Å². The fraction of sp³-hybridized carbons (Fsp3) is 0.182. The molecule has 16 heavy (non-hydrogen) atoms. The van der Waals surface area contributed by atoms with Crippen molar-refractivity contribution in [3.8, 4) is 5.69 Å². The number of aryl methyl sites for hydroxylation is 1. The summed E-state index contributed by atoms with van der Waals surface area (Å²) in [6.07, 6.45) is 0. The highest BCUT2D eigenvalue weighted by Crippen LogP contribution is 2.02. The zero-order valence-corrected chi connectivity index (χ0v) is 8.98.